The summed E-state index contributed by atoms with van der Waals surface area (Å²) in [6.07, 6.45) is 6.62. The van der Waals surface area contributed by atoms with Gasteiger partial charge in [-0.1, -0.05) is 25.5 Å². The number of hydrogen-bond donors (Lipinski definition) is 1. The maximum atomic E-state index is 11.9. The first-order chi connectivity index (χ1) is 8.11. The van der Waals surface area contributed by atoms with Crippen LogP contribution in [0, 0.1) is 5.92 Å². The number of aromatic nitrogens is 1. The van der Waals surface area contributed by atoms with Crippen LogP contribution in [0.3, 0.4) is 0 Å². The predicted octanol–water partition coefficient (Wildman–Crippen LogP) is 1.99. The van der Waals surface area contributed by atoms with Gasteiger partial charge in [0.25, 0.3) is 5.56 Å². The van der Waals surface area contributed by atoms with Gasteiger partial charge < -0.3 is 9.67 Å². The molecule has 4 nitrogen and oxygen atoms in total. The number of hydrogen-bond acceptors (Lipinski definition) is 2. The molecule has 2 rings (SSSR count). The maximum absolute atomic E-state index is 11.9. The molecule has 1 saturated carbocycles. The molecule has 0 radical (unpaired) electrons. The van der Waals surface area contributed by atoms with Gasteiger partial charge in [0.1, 0.15) is 5.56 Å². The van der Waals surface area contributed by atoms with E-state index in [0.29, 0.717) is 18.0 Å². The van der Waals surface area contributed by atoms with Gasteiger partial charge in [0.15, 0.2) is 0 Å². The molecular weight excluding hydrogens is 218 g/mol. The molecular formula is C13H15NO3. The Morgan fingerprint density at radius 3 is 2.82 bits per heavy atom. The minimum atomic E-state index is -1.18. The summed E-state index contributed by atoms with van der Waals surface area (Å²) in [5.74, 6) is -0.471. The quantitative estimate of drug-likeness (QED) is 0.846. The molecule has 4 heteroatoms. The Bertz CT molecular complexity index is 512. The van der Waals surface area contributed by atoms with Crippen molar-refractivity contribution in [3.63, 3.8) is 0 Å². The van der Waals surface area contributed by atoms with Crippen LogP contribution in [0.4, 0.5) is 0 Å². The van der Waals surface area contributed by atoms with E-state index in [1.54, 1.807) is 12.3 Å². The van der Waals surface area contributed by atoms with Crippen LogP contribution < -0.4 is 5.56 Å². The van der Waals surface area contributed by atoms with Gasteiger partial charge >= 0.3 is 5.97 Å². The highest BCUT2D eigenvalue weighted by Gasteiger charge is 2.21. The van der Waals surface area contributed by atoms with E-state index in [2.05, 4.69) is 6.58 Å². The highest BCUT2D eigenvalue weighted by molar-refractivity contribution is 5.87. The molecule has 1 heterocycles. The molecule has 1 aliphatic carbocycles. The average Bonchev–Trinajstić information content (AvgIpc) is 3.11. The highest BCUT2D eigenvalue weighted by atomic mass is 16.4. The van der Waals surface area contributed by atoms with Crippen molar-refractivity contribution in [2.24, 2.45) is 5.92 Å². The normalized spacial score (nSPS) is 14.6. The lowest BCUT2D eigenvalue weighted by atomic mass is 10.2. The van der Waals surface area contributed by atoms with Crippen molar-refractivity contribution in [1.82, 2.24) is 4.57 Å². The number of carbonyl (C=O) groups is 1. The van der Waals surface area contributed by atoms with Crippen LogP contribution in [-0.2, 0) is 6.54 Å². The summed E-state index contributed by atoms with van der Waals surface area (Å²) in [5, 5.41) is 8.95. The molecule has 0 bridgehead atoms. The van der Waals surface area contributed by atoms with Crippen LogP contribution in [-0.4, -0.2) is 15.6 Å². The van der Waals surface area contributed by atoms with Crippen molar-refractivity contribution >= 4 is 12.0 Å². The number of carboxylic acids is 1. The summed E-state index contributed by atoms with van der Waals surface area (Å²) in [5.41, 5.74) is 0.0553. The van der Waals surface area contributed by atoms with Crippen LogP contribution in [0.2, 0.25) is 0 Å². The van der Waals surface area contributed by atoms with Crippen molar-refractivity contribution < 1.29 is 9.90 Å². The second-order valence-electron chi connectivity index (χ2n) is 4.43. The largest absolute Gasteiger partial charge is 0.477 e. The van der Waals surface area contributed by atoms with Crippen LogP contribution in [0.25, 0.3) is 6.08 Å². The average molecular weight is 233 g/mol. The molecule has 90 valence electrons. The second-order valence-corrected chi connectivity index (χ2v) is 4.43. The molecule has 0 spiro atoms. The van der Waals surface area contributed by atoms with Gasteiger partial charge in [-0.3, -0.25) is 4.79 Å². The first-order valence-electron chi connectivity index (χ1n) is 5.72. The number of nitrogens with zero attached hydrogens (tertiary/aromatic N) is 1. The summed E-state index contributed by atoms with van der Waals surface area (Å²) in [6, 6.07) is 1.37. The molecule has 1 fully saturated rings. The summed E-state index contributed by atoms with van der Waals surface area (Å²) < 4.78 is 1.48. The van der Waals surface area contributed by atoms with Crippen LogP contribution in [0.5, 0.6) is 0 Å². The molecule has 1 aromatic rings. The fraction of sp³-hybridized carbons (Fsp3) is 0.385. The summed E-state index contributed by atoms with van der Waals surface area (Å²) in [6.45, 7) is 4.19. The number of carboxylic acid groups (broad SMARTS) is 1. The fourth-order valence-corrected chi connectivity index (χ4v) is 1.82. The van der Waals surface area contributed by atoms with Gasteiger partial charge in [0.05, 0.1) is 0 Å². The summed E-state index contributed by atoms with van der Waals surface area (Å²) in [4.78, 5) is 22.8. The molecule has 0 aliphatic heterocycles. The Kier molecular flexibility index (Phi) is 3.13. The Morgan fingerprint density at radius 2 is 2.29 bits per heavy atom. The van der Waals surface area contributed by atoms with E-state index in [1.165, 1.54) is 23.5 Å². The van der Waals surface area contributed by atoms with Gasteiger partial charge in [0, 0.05) is 12.7 Å². The van der Waals surface area contributed by atoms with Crippen molar-refractivity contribution in [1.29, 1.82) is 0 Å². The van der Waals surface area contributed by atoms with Gasteiger partial charge in [-0.25, -0.2) is 4.79 Å². The third-order valence-corrected chi connectivity index (χ3v) is 3.05. The first-order valence-corrected chi connectivity index (χ1v) is 5.72. The van der Waals surface area contributed by atoms with E-state index in [0.717, 1.165) is 6.42 Å². The van der Waals surface area contributed by atoms with Gasteiger partial charge in [-0.2, -0.15) is 0 Å². The Labute approximate surface area is 99.2 Å². The van der Waals surface area contributed by atoms with E-state index < -0.39 is 11.5 Å². The molecule has 0 aromatic carbocycles. The van der Waals surface area contributed by atoms with E-state index in [4.69, 9.17) is 5.11 Å². The van der Waals surface area contributed by atoms with Crippen molar-refractivity contribution in [3.8, 4) is 0 Å². The summed E-state index contributed by atoms with van der Waals surface area (Å²) in [7, 11) is 0. The third kappa shape index (κ3) is 2.64. The highest BCUT2D eigenvalue weighted by Crippen LogP contribution is 2.32. The van der Waals surface area contributed by atoms with Gasteiger partial charge in [-0.05, 0) is 24.0 Å². The molecule has 1 aliphatic rings. The van der Waals surface area contributed by atoms with Crippen molar-refractivity contribution in [2.75, 3.05) is 0 Å². The standard InChI is InChI=1S/C13H15NO3/c1-2-9-7-11(13(16)17)12(15)14(8-9)6-5-10-3-4-10/h2,7-8,10H,1,3-6H2,(H,16,17). The zero-order valence-electron chi connectivity index (χ0n) is 9.56. The second kappa shape index (κ2) is 4.57. The topological polar surface area (TPSA) is 59.3 Å². The van der Waals surface area contributed by atoms with E-state index in [9.17, 15) is 9.59 Å². The fourth-order valence-electron chi connectivity index (χ4n) is 1.82. The maximum Gasteiger partial charge on any atom is 0.341 e. The zero-order chi connectivity index (χ0) is 12.4. The number of aryl methyl sites for hydroxylation is 1. The molecule has 0 atom stereocenters. The van der Waals surface area contributed by atoms with Crippen molar-refractivity contribution in [3.05, 3.63) is 40.3 Å². The molecule has 1 N–H and O–H groups in total. The van der Waals surface area contributed by atoms with Gasteiger partial charge in [-0.15, -0.1) is 0 Å². The molecule has 17 heavy (non-hydrogen) atoms. The number of pyridine rings is 1. The van der Waals surface area contributed by atoms with E-state index in [-0.39, 0.29) is 5.56 Å². The van der Waals surface area contributed by atoms with Crippen LogP contribution in [0.1, 0.15) is 35.2 Å². The minimum Gasteiger partial charge on any atom is -0.477 e. The summed E-state index contributed by atoms with van der Waals surface area (Å²) >= 11 is 0. The van der Waals surface area contributed by atoms with E-state index in [1.807, 2.05) is 0 Å². The lowest BCUT2D eigenvalue weighted by Crippen LogP contribution is -2.26. The minimum absolute atomic E-state index is 0.182. The van der Waals surface area contributed by atoms with E-state index >= 15 is 0 Å². The molecule has 0 saturated heterocycles. The zero-order valence-corrected chi connectivity index (χ0v) is 9.56. The van der Waals surface area contributed by atoms with Crippen molar-refractivity contribution in [2.45, 2.75) is 25.8 Å². The predicted molar refractivity (Wildman–Crippen MR) is 65.1 cm³/mol. The Morgan fingerprint density at radius 1 is 1.59 bits per heavy atom. The van der Waals surface area contributed by atoms with Crippen LogP contribution >= 0.6 is 0 Å². The Balaban J connectivity index is 2.33. The monoisotopic (exact) mass is 233 g/mol. The number of rotatable bonds is 5. The van der Waals surface area contributed by atoms with Crippen LogP contribution in [0.15, 0.2) is 23.6 Å². The Hall–Kier alpha value is -1.84. The molecule has 0 amide bonds. The first kappa shape index (κ1) is 11.6. The number of aromatic carboxylic acids is 1. The van der Waals surface area contributed by atoms with Gasteiger partial charge in [0.2, 0.25) is 0 Å². The lowest BCUT2D eigenvalue weighted by Gasteiger charge is -2.08. The third-order valence-electron chi connectivity index (χ3n) is 3.05. The smallest absolute Gasteiger partial charge is 0.341 e. The lowest BCUT2D eigenvalue weighted by molar-refractivity contribution is 0.0694. The molecule has 0 unspecified atom stereocenters. The molecule has 1 aromatic heterocycles. The SMILES string of the molecule is C=Cc1cc(C(=O)O)c(=O)n(CCC2CC2)c1.